The van der Waals surface area contributed by atoms with Gasteiger partial charge in [-0.3, -0.25) is 4.90 Å². The third-order valence-corrected chi connectivity index (χ3v) is 4.17. The summed E-state index contributed by atoms with van der Waals surface area (Å²) >= 11 is 0. The minimum atomic E-state index is 0.327. The molecule has 0 aliphatic carbocycles. The maximum absolute atomic E-state index is 5.76. The number of aromatic nitrogens is 2. The van der Waals surface area contributed by atoms with Crippen molar-refractivity contribution in [3.05, 3.63) is 48.3 Å². The van der Waals surface area contributed by atoms with Crippen LogP contribution >= 0.6 is 0 Å². The van der Waals surface area contributed by atoms with E-state index < -0.39 is 0 Å². The van der Waals surface area contributed by atoms with Gasteiger partial charge in [-0.05, 0) is 13.8 Å². The zero-order valence-electron chi connectivity index (χ0n) is 14.5. The van der Waals surface area contributed by atoms with E-state index in [0.717, 1.165) is 49.7 Å². The summed E-state index contributed by atoms with van der Waals surface area (Å²) in [7, 11) is 0. The molecule has 0 amide bonds. The third-order valence-electron chi connectivity index (χ3n) is 4.17. The zero-order chi connectivity index (χ0) is 16.8. The van der Waals surface area contributed by atoms with Gasteiger partial charge in [-0.15, -0.1) is 0 Å². The lowest BCUT2D eigenvalue weighted by atomic mass is 10.2. The second-order valence-electron chi connectivity index (χ2n) is 6.47. The fraction of sp³-hybridized carbons (Fsp3) is 0.474. The summed E-state index contributed by atoms with van der Waals surface area (Å²) in [6, 6.07) is 10.1. The van der Waals surface area contributed by atoms with Crippen LogP contribution in [0, 0.1) is 0 Å². The van der Waals surface area contributed by atoms with E-state index in [0.29, 0.717) is 12.2 Å². The predicted molar refractivity (Wildman–Crippen MR) is 95.6 cm³/mol. The minimum Gasteiger partial charge on any atom is -0.373 e. The minimum absolute atomic E-state index is 0.327. The Hall–Kier alpha value is -1.82. The van der Waals surface area contributed by atoms with Gasteiger partial charge in [0.2, 0.25) is 0 Å². The van der Waals surface area contributed by atoms with E-state index in [-0.39, 0.29) is 0 Å². The number of nitrogens with one attached hydrogen (secondary N) is 1. The Kier molecular flexibility index (Phi) is 5.91. The Balaban J connectivity index is 1.42. The van der Waals surface area contributed by atoms with E-state index in [4.69, 9.17) is 4.74 Å². The lowest BCUT2D eigenvalue weighted by Gasteiger charge is -2.35. The van der Waals surface area contributed by atoms with Crippen molar-refractivity contribution < 1.29 is 4.74 Å². The molecule has 1 aliphatic rings. The molecule has 24 heavy (non-hydrogen) atoms. The van der Waals surface area contributed by atoms with E-state index >= 15 is 0 Å². The number of rotatable bonds is 6. The molecule has 1 saturated heterocycles. The van der Waals surface area contributed by atoms with Gasteiger partial charge < -0.3 is 10.1 Å². The summed E-state index contributed by atoms with van der Waals surface area (Å²) in [4.78, 5) is 11.4. The molecule has 0 bridgehead atoms. The molecule has 0 spiro atoms. The maximum Gasteiger partial charge on any atom is 0.159 e. The number of hydrogen-bond acceptors (Lipinski definition) is 5. The average Bonchev–Trinajstić information content (AvgIpc) is 2.59. The molecule has 2 heterocycles. The largest absolute Gasteiger partial charge is 0.373 e. The van der Waals surface area contributed by atoms with Crippen molar-refractivity contribution in [3.8, 4) is 11.4 Å². The first-order chi connectivity index (χ1) is 11.7. The zero-order valence-corrected chi connectivity index (χ0v) is 14.5. The SMILES string of the molecule is C[C@H]1CN(CCNCc2cnc(-c3ccccc3)nc2)C[C@H](C)O1. The summed E-state index contributed by atoms with van der Waals surface area (Å²) < 4.78 is 5.76. The quantitative estimate of drug-likeness (QED) is 0.826. The fourth-order valence-corrected chi connectivity index (χ4v) is 3.12. The van der Waals surface area contributed by atoms with Crippen LogP contribution in [0.1, 0.15) is 19.4 Å². The van der Waals surface area contributed by atoms with E-state index in [1.165, 1.54) is 0 Å². The number of benzene rings is 1. The fourth-order valence-electron chi connectivity index (χ4n) is 3.12. The normalized spacial score (nSPS) is 21.8. The van der Waals surface area contributed by atoms with Crippen molar-refractivity contribution in [3.63, 3.8) is 0 Å². The van der Waals surface area contributed by atoms with Crippen LogP contribution in [0.4, 0.5) is 0 Å². The molecule has 0 unspecified atom stereocenters. The van der Waals surface area contributed by atoms with Crippen molar-refractivity contribution in [2.45, 2.75) is 32.6 Å². The van der Waals surface area contributed by atoms with E-state index in [1.807, 2.05) is 42.7 Å². The molecule has 1 fully saturated rings. The predicted octanol–water partition coefficient (Wildman–Crippen LogP) is 2.34. The Morgan fingerprint density at radius 1 is 1.08 bits per heavy atom. The number of ether oxygens (including phenoxy) is 1. The van der Waals surface area contributed by atoms with Crippen LogP contribution in [0.5, 0.6) is 0 Å². The Bertz CT molecular complexity index is 607. The molecule has 5 heteroatoms. The molecule has 1 aromatic carbocycles. The second-order valence-corrected chi connectivity index (χ2v) is 6.47. The van der Waals surface area contributed by atoms with Crippen molar-refractivity contribution in [2.75, 3.05) is 26.2 Å². The highest BCUT2D eigenvalue weighted by Crippen LogP contribution is 2.13. The molecule has 128 valence electrons. The van der Waals surface area contributed by atoms with Crippen LogP contribution in [-0.4, -0.2) is 53.3 Å². The lowest BCUT2D eigenvalue weighted by molar-refractivity contribution is -0.0674. The highest BCUT2D eigenvalue weighted by Gasteiger charge is 2.21. The Morgan fingerprint density at radius 2 is 1.75 bits per heavy atom. The van der Waals surface area contributed by atoms with E-state index in [9.17, 15) is 0 Å². The molecular formula is C19H26N4O. The van der Waals surface area contributed by atoms with Crippen LogP contribution in [0.2, 0.25) is 0 Å². The van der Waals surface area contributed by atoms with Gasteiger partial charge >= 0.3 is 0 Å². The molecule has 0 saturated carbocycles. The number of nitrogens with zero attached hydrogens (tertiary/aromatic N) is 3. The molecule has 3 rings (SSSR count). The molecule has 2 aromatic rings. The molecular weight excluding hydrogens is 300 g/mol. The molecule has 1 N–H and O–H groups in total. The van der Waals surface area contributed by atoms with Crippen LogP contribution in [0.3, 0.4) is 0 Å². The van der Waals surface area contributed by atoms with Crippen LogP contribution in [0.15, 0.2) is 42.7 Å². The van der Waals surface area contributed by atoms with Crippen molar-refractivity contribution in [2.24, 2.45) is 0 Å². The number of morpholine rings is 1. The van der Waals surface area contributed by atoms with E-state index in [2.05, 4.69) is 34.0 Å². The van der Waals surface area contributed by atoms with Crippen LogP contribution < -0.4 is 5.32 Å². The summed E-state index contributed by atoms with van der Waals surface area (Å²) in [5.74, 6) is 0.774. The molecule has 0 radical (unpaired) electrons. The lowest BCUT2D eigenvalue weighted by Crippen LogP contribution is -2.47. The van der Waals surface area contributed by atoms with Gasteiger partial charge in [0.1, 0.15) is 0 Å². The van der Waals surface area contributed by atoms with Crippen molar-refractivity contribution in [1.82, 2.24) is 20.2 Å². The van der Waals surface area contributed by atoms with Gasteiger partial charge in [0.25, 0.3) is 0 Å². The van der Waals surface area contributed by atoms with Gasteiger partial charge in [0.15, 0.2) is 5.82 Å². The van der Waals surface area contributed by atoms with Gasteiger partial charge in [0, 0.05) is 56.2 Å². The monoisotopic (exact) mass is 326 g/mol. The third kappa shape index (κ3) is 4.84. The highest BCUT2D eigenvalue weighted by atomic mass is 16.5. The first kappa shape index (κ1) is 17.0. The first-order valence-electron chi connectivity index (χ1n) is 8.65. The molecule has 2 atom stereocenters. The van der Waals surface area contributed by atoms with Gasteiger partial charge in [-0.25, -0.2) is 9.97 Å². The van der Waals surface area contributed by atoms with Crippen molar-refractivity contribution >= 4 is 0 Å². The standard InChI is InChI=1S/C19H26N4O/c1-15-13-23(14-16(2)24-15)9-8-20-10-17-11-21-19(22-12-17)18-6-4-3-5-7-18/h3-7,11-12,15-16,20H,8-10,13-14H2,1-2H3/t15-,16-/m0/s1. The maximum atomic E-state index is 5.76. The van der Waals surface area contributed by atoms with Gasteiger partial charge in [-0.2, -0.15) is 0 Å². The first-order valence-corrected chi connectivity index (χ1v) is 8.65. The van der Waals surface area contributed by atoms with E-state index in [1.54, 1.807) is 0 Å². The topological polar surface area (TPSA) is 50.3 Å². The molecule has 1 aliphatic heterocycles. The smallest absolute Gasteiger partial charge is 0.159 e. The number of hydrogen-bond donors (Lipinski definition) is 1. The summed E-state index contributed by atoms with van der Waals surface area (Å²) in [5, 5.41) is 3.48. The summed E-state index contributed by atoms with van der Waals surface area (Å²) in [5.41, 5.74) is 2.16. The summed E-state index contributed by atoms with van der Waals surface area (Å²) in [6.45, 7) is 9.11. The molecule has 1 aromatic heterocycles. The van der Waals surface area contributed by atoms with Gasteiger partial charge in [-0.1, -0.05) is 30.3 Å². The second kappa shape index (κ2) is 8.33. The Labute approximate surface area is 144 Å². The molecule has 5 nitrogen and oxygen atoms in total. The average molecular weight is 326 g/mol. The summed E-state index contributed by atoms with van der Waals surface area (Å²) in [6.07, 6.45) is 4.46. The van der Waals surface area contributed by atoms with Gasteiger partial charge in [0.05, 0.1) is 12.2 Å². The Morgan fingerprint density at radius 3 is 2.42 bits per heavy atom. The highest BCUT2D eigenvalue weighted by molar-refractivity contribution is 5.53. The van der Waals surface area contributed by atoms with Crippen LogP contribution in [0.25, 0.3) is 11.4 Å². The van der Waals surface area contributed by atoms with Crippen LogP contribution in [-0.2, 0) is 11.3 Å². The van der Waals surface area contributed by atoms with Crippen molar-refractivity contribution in [1.29, 1.82) is 0 Å².